The van der Waals surface area contributed by atoms with Gasteiger partial charge in [0.1, 0.15) is 0 Å². The maximum absolute atomic E-state index is 2.43. The summed E-state index contributed by atoms with van der Waals surface area (Å²) in [5, 5.41) is 0. The fraction of sp³-hybridized carbons (Fsp3) is 1.00. The molecule has 0 amide bonds. The van der Waals surface area contributed by atoms with Crippen LogP contribution in [0.1, 0.15) is 59.3 Å². The van der Waals surface area contributed by atoms with Crippen LogP contribution in [0, 0.1) is 17.8 Å². The van der Waals surface area contributed by atoms with Crippen molar-refractivity contribution in [3.8, 4) is 0 Å². The first-order valence-corrected chi connectivity index (χ1v) is 5.68. The summed E-state index contributed by atoms with van der Waals surface area (Å²) in [4.78, 5) is 0. The standard InChI is InChI=1S/C12H24/c1-10-5-4-6-11(2)9-12(3)8-7-10/h10-12H,4-9H2,1-3H3. The molecular weight excluding hydrogens is 144 g/mol. The summed E-state index contributed by atoms with van der Waals surface area (Å²) < 4.78 is 0. The number of hydrogen-bond acceptors (Lipinski definition) is 0. The summed E-state index contributed by atoms with van der Waals surface area (Å²) in [5.74, 6) is 2.93. The van der Waals surface area contributed by atoms with Crippen LogP contribution in [0.3, 0.4) is 0 Å². The first-order chi connectivity index (χ1) is 5.68. The SMILES string of the molecule is CC1CCCC(C)CC(C)CC1. The summed E-state index contributed by atoms with van der Waals surface area (Å²) >= 11 is 0. The summed E-state index contributed by atoms with van der Waals surface area (Å²) in [6.45, 7) is 7.27. The van der Waals surface area contributed by atoms with E-state index in [2.05, 4.69) is 20.8 Å². The normalized spacial score (nSPS) is 39.8. The van der Waals surface area contributed by atoms with E-state index in [0.29, 0.717) is 0 Å². The van der Waals surface area contributed by atoms with Gasteiger partial charge in [0.05, 0.1) is 0 Å². The zero-order valence-corrected chi connectivity index (χ0v) is 8.97. The van der Waals surface area contributed by atoms with Crippen LogP contribution in [-0.2, 0) is 0 Å². The third kappa shape index (κ3) is 3.60. The molecule has 1 saturated carbocycles. The Bertz CT molecular complexity index is 117. The molecule has 0 spiro atoms. The number of hydrogen-bond donors (Lipinski definition) is 0. The fourth-order valence-electron chi connectivity index (χ4n) is 2.45. The quantitative estimate of drug-likeness (QED) is 0.507. The minimum Gasteiger partial charge on any atom is -0.0625 e. The summed E-state index contributed by atoms with van der Waals surface area (Å²) in [7, 11) is 0. The van der Waals surface area contributed by atoms with E-state index in [1.165, 1.54) is 38.5 Å². The second kappa shape index (κ2) is 4.89. The molecule has 1 aliphatic carbocycles. The number of rotatable bonds is 0. The highest BCUT2D eigenvalue weighted by atomic mass is 14.2. The molecule has 0 radical (unpaired) electrons. The van der Waals surface area contributed by atoms with Crippen LogP contribution in [0.5, 0.6) is 0 Å². The van der Waals surface area contributed by atoms with Crippen molar-refractivity contribution in [2.45, 2.75) is 59.3 Å². The van der Waals surface area contributed by atoms with Crippen LogP contribution in [0.15, 0.2) is 0 Å². The van der Waals surface area contributed by atoms with Crippen LogP contribution < -0.4 is 0 Å². The molecule has 72 valence electrons. The van der Waals surface area contributed by atoms with Gasteiger partial charge < -0.3 is 0 Å². The van der Waals surface area contributed by atoms with Crippen molar-refractivity contribution in [1.29, 1.82) is 0 Å². The Balaban J connectivity index is 2.36. The second-order valence-corrected chi connectivity index (χ2v) is 5.06. The third-order valence-electron chi connectivity index (χ3n) is 3.35. The summed E-state index contributed by atoms with van der Waals surface area (Å²) in [6.07, 6.45) is 8.80. The van der Waals surface area contributed by atoms with Crippen LogP contribution in [0.25, 0.3) is 0 Å². The van der Waals surface area contributed by atoms with Crippen molar-refractivity contribution >= 4 is 0 Å². The predicted molar refractivity (Wildman–Crippen MR) is 55.2 cm³/mol. The van der Waals surface area contributed by atoms with Crippen LogP contribution in [-0.4, -0.2) is 0 Å². The van der Waals surface area contributed by atoms with Gasteiger partial charge in [0.15, 0.2) is 0 Å². The summed E-state index contributed by atoms with van der Waals surface area (Å²) in [5.41, 5.74) is 0. The molecule has 0 N–H and O–H groups in total. The van der Waals surface area contributed by atoms with E-state index in [9.17, 15) is 0 Å². The zero-order valence-electron chi connectivity index (χ0n) is 8.97. The van der Waals surface area contributed by atoms with Gasteiger partial charge in [0.2, 0.25) is 0 Å². The molecule has 0 heterocycles. The second-order valence-electron chi connectivity index (χ2n) is 5.06. The molecule has 1 rings (SSSR count). The van der Waals surface area contributed by atoms with Crippen LogP contribution >= 0.6 is 0 Å². The third-order valence-corrected chi connectivity index (χ3v) is 3.35. The van der Waals surface area contributed by atoms with E-state index >= 15 is 0 Å². The largest absolute Gasteiger partial charge is 0.0625 e. The van der Waals surface area contributed by atoms with Gasteiger partial charge in [-0.05, 0) is 24.2 Å². The molecule has 3 unspecified atom stereocenters. The molecule has 0 aromatic rings. The molecule has 0 aromatic carbocycles. The summed E-state index contributed by atoms with van der Waals surface area (Å²) in [6, 6.07) is 0. The van der Waals surface area contributed by atoms with Crippen molar-refractivity contribution in [1.82, 2.24) is 0 Å². The molecule has 1 aliphatic rings. The molecule has 0 saturated heterocycles. The smallest absolute Gasteiger partial charge is 0.0440 e. The first kappa shape index (κ1) is 10.1. The van der Waals surface area contributed by atoms with Gasteiger partial charge in [-0.2, -0.15) is 0 Å². The van der Waals surface area contributed by atoms with Crippen molar-refractivity contribution in [3.63, 3.8) is 0 Å². The van der Waals surface area contributed by atoms with Gasteiger partial charge in [-0.1, -0.05) is 52.9 Å². The Morgan fingerprint density at radius 2 is 1.17 bits per heavy atom. The van der Waals surface area contributed by atoms with Gasteiger partial charge in [-0.15, -0.1) is 0 Å². The van der Waals surface area contributed by atoms with Crippen molar-refractivity contribution < 1.29 is 0 Å². The Kier molecular flexibility index (Phi) is 4.11. The minimum atomic E-state index is 0.973. The molecule has 0 heteroatoms. The van der Waals surface area contributed by atoms with Gasteiger partial charge >= 0.3 is 0 Å². The van der Waals surface area contributed by atoms with Crippen molar-refractivity contribution in [3.05, 3.63) is 0 Å². The molecule has 3 atom stereocenters. The van der Waals surface area contributed by atoms with Crippen LogP contribution in [0.4, 0.5) is 0 Å². The lowest BCUT2D eigenvalue weighted by molar-refractivity contribution is 0.377. The Hall–Kier alpha value is 0. The average Bonchev–Trinajstić information content (AvgIpc) is 2.05. The Morgan fingerprint density at radius 3 is 1.92 bits per heavy atom. The molecular formula is C12H24. The van der Waals surface area contributed by atoms with Crippen LogP contribution in [0.2, 0.25) is 0 Å². The predicted octanol–water partition coefficient (Wildman–Crippen LogP) is 4.25. The topological polar surface area (TPSA) is 0 Å². The van der Waals surface area contributed by atoms with Gasteiger partial charge in [-0.25, -0.2) is 0 Å². The average molecular weight is 168 g/mol. The van der Waals surface area contributed by atoms with E-state index in [-0.39, 0.29) is 0 Å². The van der Waals surface area contributed by atoms with Gasteiger partial charge in [0, 0.05) is 0 Å². The van der Waals surface area contributed by atoms with Crippen molar-refractivity contribution in [2.24, 2.45) is 17.8 Å². The molecule has 0 nitrogen and oxygen atoms in total. The fourth-order valence-corrected chi connectivity index (χ4v) is 2.45. The monoisotopic (exact) mass is 168 g/mol. The highest BCUT2D eigenvalue weighted by Crippen LogP contribution is 2.27. The first-order valence-electron chi connectivity index (χ1n) is 5.68. The molecule has 0 aromatic heterocycles. The Labute approximate surface area is 77.7 Å². The van der Waals surface area contributed by atoms with E-state index in [1.807, 2.05) is 0 Å². The molecule has 12 heavy (non-hydrogen) atoms. The van der Waals surface area contributed by atoms with E-state index in [1.54, 1.807) is 0 Å². The minimum absolute atomic E-state index is 0.973. The molecule has 0 aliphatic heterocycles. The van der Waals surface area contributed by atoms with E-state index in [0.717, 1.165) is 17.8 Å². The van der Waals surface area contributed by atoms with Crippen molar-refractivity contribution in [2.75, 3.05) is 0 Å². The lowest BCUT2D eigenvalue weighted by atomic mass is 9.92. The maximum Gasteiger partial charge on any atom is -0.0440 e. The highest BCUT2D eigenvalue weighted by Gasteiger charge is 2.13. The lowest BCUT2D eigenvalue weighted by Crippen LogP contribution is -2.02. The van der Waals surface area contributed by atoms with E-state index < -0.39 is 0 Å². The Morgan fingerprint density at radius 1 is 0.667 bits per heavy atom. The molecule has 1 fully saturated rings. The maximum atomic E-state index is 2.43. The highest BCUT2D eigenvalue weighted by molar-refractivity contribution is 4.66. The van der Waals surface area contributed by atoms with Gasteiger partial charge in [-0.3, -0.25) is 0 Å². The zero-order chi connectivity index (χ0) is 8.97. The van der Waals surface area contributed by atoms with Gasteiger partial charge in [0.25, 0.3) is 0 Å². The van der Waals surface area contributed by atoms with E-state index in [4.69, 9.17) is 0 Å². The lowest BCUT2D eigenvalue weighted by Gasteiger charge is -2.14. The molecule has 0 bridgehead atoms.